The fraction of sp³-hybridized carbons (Fsp3) is 1.00. The van der Waals surface area contributed by atoms with E-state index >= 15 is 0 Å². The molecule has 1 rings (SSSR count). The highest BCUT2D eigenvalue weighted by Gasteiger charge is 2.56. The van der Waals surface area contributed by atoms with E-state index in [0.29, 0.717) is 0 Å². The highest BCUT2D eigenvalue weighted by molar-refractivity contribution is 6.94. The van der Waals surface area contributed by atoms with E-state index in [-0.39, 0.29) is 0 Å². The molecule has 5 nitrogen and oxygen atoms in total. The fourth-order valence-corrected chi connectivity index (χ4v) is 38.6. The van der Waals surface area contributed by atoms with Crippen LogP contribution in [0, 0.1) is 0 Å². The first kappa shape index (κ1) is 53.9. The van der Waals surface area contributed by atoms with E-state index in [1.807, 2.05) is 0 Å². The molecule has 0 N–H and O–H groups in total. The lowest BCUT2D eigenvalue weighted by molar-refractivity contribution is 0.220. The number of hydrogen-bond donors (Lipinski definition) is 0. The third kappa shape index (κ3) is 26.7. The first-order valence-corrected chi connectivity index (χ1v) is 37.5. The minimum absolute atomic E-state index is 1.07. The normalized spacial score (nSPS) is 27.8. The molecule has 1 saturated heterocycles. The number of rotatable bonds is 35. The van der Waals surface area contributed by atoms with Gasteiger partial charge in [-0.05, 0) is 63.0 Å². The summed E-state index contributed by atoms with van der Waals surface area (Å²) >= 11 is 0. The standard InChI is InChI=1S/C45H100O5Si5/c1-11-16-21-26-31-36-41-51(6)46-52(7,42-37-32-27-22-17-12-2)48-54(9,44-39-34-29-24-19-14-4)50-55(10,45-40-35-30-25-20-15-5)49-53(8,47-51)43-38-33-28-23-18-13-3/h11-45H2,1-10H3. The van der Waals surface area contributed by atoms with Crippen LogP contribution >= 0.6 is 0 Å². The molecule has 0 aromatic rings. The molecule has 0 saturated carbocycles. The Morgan fingerprint density at radius 2 is 0.327 bits per heavy atom. The van der Waals surface area contributed by atoms with Gasteiger partial charge < -0.3 is 20.6 Å². The molecule has 1 heterocycles. The highest BCUT2D eigenvalue weighted by Crippen LogP contribution is 2.40. The van der Waals surface area contributed by atoms with E-state index in [1.165, 1.54) is 193 Å². The molecule has 0 radical (unpaired) electrons. The summed E-state index contributed by atoms with van der Waals surface area (Å²) in [6, 6.07) is 5.33. The molecule has 0 unspecified atom stereocenters. The second-order valence-corrected chi connectivity index (χ2v) is 36.7. The maximum absolute atomic E-state index is 7.73. The lowest BCUT2D eigenvalue weighted by Gasteiger charge is -2.50. The van der Waals surface area contributed by atoms with Gasteiger partial charge in [0.1, 0.15) is 0 Å². The zero-order valence-electron chi connectivity index (χ0n) is 39.3. The summed E-state index contributed by atoms with van der Waals surface area (Å²) in [5, 5.41) is 0. The third-order valence-electron chi connectivity index (χ3n) is 12.1. The van der Waals surface area contributed by atoms with Crippen LogP contribution in [-0.2, 0) is 20.6 Å². The van der Waals surface area contributed by atoms with E-state index in [1.54, 1.807) is 0 Å². The van der Waals surface area contributed by atoms with Gasteiger partial charge >= 0.3 is 42.8 Å². The average Bonchev–Trinajstić information content (AvgIpc) is 3.11. The minimum Gasteiger partial charge on any atom is -0.416 e. The number of unbranched alkanes of at least 4 members (excludes halogenated alkanes) is 25. The summed E-state index contributed by atoms with van der Waals surface area (Å²) in [4.78, 5) is 0. The first-order valence-electron chi connectivity index (χ1n) is 24.8. The molecular weight excluding hydrogens is 761 g/mol. The summed E-state index contributed by atoms with van der Waals surface area (Å²) in [6.45, 7) is 23.8. The van der Waals surface area contributed by atoms with Crippen molar-refractivity contribution in [2.45, 2.75) is 290 Å². The highest BCUT2D eigenvalue weighted by atomic mass is 28.5. The molecule has 1 aliphatic heterocycles. The van der Waals surface area contributed by atoms with E-state index in [2.05, 4.69) is 67.4 Å². The topological polar surface area (TPSA) is 46.2 Å². The van der Waals surface area contributed by atoms with Gasteiger partial charge in [0.2, 0.25) is 0 Å². The molecule has 55 heavy (non-hydrogen) atoms. The average molecular weight is 862 g/mol. The Morgan fingerprint density at radius 3 is 0.473 bits per heavy atom. The van der Waals surface area contributed by atoms with Gasteiger partial charge in [0.05, 0.1) is 0 Å². The van der Waals surface area contributed by atoms with E-state index in [0.717, 1.165) is 30.2 Å². The molecule has 330 valence electrons. The Hall–Kier alpha value is 0.884. The van der Waals surface area contributed by atoms with Crippen molar-refractivity contribution in [2.24, 2.45) is 0 Å². The first-order chi connectivity index (χ1) is 26.3. The third-order valence-corrected chi connectivity index (χ3v) is 35.7. The van der Waals surface area contributed by atoms with Crippen molar-refractivity contribution >= 4 is 42.8 Å². The van der Waals surface area contributed by atoms with Crippen LogP contribution < -0.4 is 0 Å². The van der Waals surface area contributed by atoms with Crippen molar-refractivity contribution in [3.05, 3.63) is 0 Å². The van der Waals surface area contributed by atoms with E-state index < -0.39 is 42.8 Å². The second kappa shape index (κ2) is 31.7. The summed E-state index contributed by atoms with van der Waals surface area (Å²) < 4.78 is 38.6. The van der Waals surface area contributed by atoms with Crippen molar-refractivity contribution in [3.63, 3.8) is 0 Å². The summed E-state index contributed by atoms with van der Waals surface area (Å²) in [7, 11) is -13.2. The molecule has 0 aromatic carbocycles. The second-order valence-electron chi connectivity index (χ2n) is 18.8. The number of hydrogen-bond acceptors (Lipinski definition) is 5. The maximum atomic E-state index is 7.73. The van der Waals surface area contributed by atoms with Gasteiger partial charge in [0, 0.05) is 0 Å². The molecule has 0 atom stereocenters. The molecule has 10 heteroatoms. The molecule has 1 aliphatic rings. The van der Waals surface area contributed by atoms with Gasteiger partial charge in [-0.1, -0.05) is 227 Å². The Kier molecular flexibility index (Phi) is 31.1. The lowest BCUT2D eigenvalue weighted by atomic mass is 10.1. The van der Waals surface area contributed by atoms with Gasteiger partial charge in [-0.3, -0.25) is 0 Å². The van der Waals surface area contributed by atoms with Crippen LogP contribution in [0.3, 0.4) is 0 Å². The Morgan fingerprint density at radius 1 is 0.200 bits per heavy atom. The van der Waals surface area contributed by atoms with E-state index in [4.69, 9.17) is 20.6 Å². The lowest BCUT2D eigenvalue weighted by Crippen LogP contribution is -2.67. The molecule has 1 fully saturated rings. The largest absolute Gasteiger partial charge is 0.416 e. The van der Waals surface area contributed by atoms with Crippen molar-refractivity contribution in [1.82, 2.24) is 0 Å². The van der Waals surface area contributed by atoms with Crippen molar-refractivity contribution < 1.29 is 20.6 Å². The van der Waals surface area contributed by atoms with Gasteiger partial charge in [-0.15, -0.1) is 0 Å². The SMILES string of the molecule is CCCCCCCC[Si]1(C)O[Si](C)(CCCCCCCC)O[Si](C)(CCCCCCCC)O[Si](C)(CCCCCCCC)O[Si](C)(CCCCCCCC)O1. The zero-order valence-corrected chi connectivity index (χ0v) is 44.3. The molecule has 0 bridgehead atoms. The predicted molar refractivity (Wildman–Crippen MR) is 254 cm³/mol. The predicted octanol–water partition coefficient (Wildman–Crippen LogP) is 17.2. The van der Waals surface area contributed by atoms with Crippen LogP contribution in [0.4, 0.5) is 0 Å². The van der Waals surface area contributed by atoms with Gasteiger partial charge in [0.15, 0.2) is 0 Å². The maximum Gasteiger partial charge on any atom is 0.317 e. The van der Waals surface area contributed by atoms with Gasteiger partial charge in [-0.2, -0.15) is 0 Å². The monoisotopic (exact) mass is 861 g/mol. The summed E-state index contributed by atoms with van der Waals surface area (Å²) in [6.07, 6.45) is 38.9. The summed E-state index contributed by atoms with van der Waals surface area (Å²) in [5.74, 6) is 0. The Balaban J connectivity index is 3.60. The van der Waals surface area contributed by atoms with Crippen LogP contribution in [0.15, 0.2) is 0 Å². The van der Waals surface area contributed by atoms with Gasteiger partial charge in [-0.25, -0.2) is 0 Å². The smallest absolute Gasteiger partial charge is 0.317 e. The van der Waals surface area contributed by atoms with Crippen LogP contribution in [0.2, 0.25) is 63.0 Å². The summed E-state index contributed by atoms with van der Waals surface area (Å²) in [5.41, 5.74) is 0. The molecule has 0 aliphatic carbocycles. The Labute approximate surface area is 351 Å². The molecule has 0 aromatic heterocycles. The Bertz CT molecular complexity index is 723. The fourth-order valence-electron chi connectivity index (χ4n) is 9.03. The zero-order chi connectivity index (χ0) is 40.8. The van der Waals surface area contributed by atoms with Crippen LogP contribution in [-0.4, -0.2) is 42.8 Å². The van der Waals surface area contributed by atoms with Crippen molar-refractivity contribution in [3.8, 4) is 0 Å². The van der Waals surface area contributed by atoms with Gasteiger partial charge in [0.25, 0.3) is 0 Å². The molecule has 0 spiro atoms. The molecule has 0 amide bonds. The van der Waals surface area contributed by atoms with Crippen molar-refractivity contribution in [1.29, 1.82) is 0 Å². The van der Waals surface area contributed by atoms with Crippen molar-refractivity contribution in [2.75, 3.05) is 0 Å². The minimum atomic E-state index is -2.64. The van der Waals surface area contributed by atoms with Crippen LogP contribution in [0.1, 0.15) is 227 Å². The van der Waals surface area contributed by atoms with E-state index in [9.17, 15) is 0 Å². The quantitative estimate of drug-likeness (QED) is 0.0469. The molecular formula is C45H100O5Si5. The van der Waals surface area contributed by atoms with Crippen LogP contribution in [0.5, 0.6) is 0 Å². The van der Waals surface area contributed by atoms with Crippen LogP contribution in [0.25, 0.3) is 0 Å².